The summed E-state index contributed by atoms with van der Waals surface area (Å²) >= 11 is 1.22. The predicted molar refractivity (Wildman–Crippen MR) is 127 cm³/mol. The molecule has 3 aromatic rings. The molecule has 32 heavy (non-hydrogen) atoms. The van der Waals surface area contributed by atoms with Gasteiger partial charge in [0.25, 0.3) is 5.56 Å². The van der Waals surface area contributed by atoms with Crippen molar-refractivity contribution in [3.8, 4) is 11.8 Å². The molecule has 2 aromatic carbocycles. The van der Waals surface area contributed by atoms with E-state index in [1.807, 2.05) is 43.3 Å². The molecule has 1 amide bonds. The number of hydrogen-bond acceptors (Lipinski definition) is 5. The summed E-state index contributed by atoms with van der Waals surface area (Å²) in [5.74, 6) is -0.128. The van der Waals surface area contributed by atoms with Gasteiger partial charge in [0.15, 0.2) is 5.16 Å². The van der Waals surface area contributed by atoms with Gasteiger partial charge in [0.2, 0.25) is 5.91 Å². The molecule has 1 fully saturated rings. The number of fused-ring (bicyclic) bond motifs is 1. The number of nitrogens with zero attached hydrogens (tertiary/aromatic N) is 3. The number of thioether (sulfide) groups is 1. The van der Waals surface area contributed by atoms with Gasteiger partial charge in [0.05, 0.1) is 28.4 Å². The van der Waals surface area contributed by atoms with Gasteiger partial charge in [-0.25, -0.2) is 4.98 Å². The molecule has 1 aliphatic rings. The molecule has 0 unspecified atom stereocenters. The summed E-state index contributed by atoms with van der Waals surface area (Å²) in [4.78, 5) is 30.9. The Morgan fingerprint density at radius 1 is 1.12 bits per heavy atom. The zero-order chi connectivity index (χ0) is 22.6. The first-order chi connectivity index (χ1) is 15.5. The van der Waals surface area contributed by atoms with Crippen LogP contribution < -0.4 is 10.9 Å². The number of nitrogens with one attached hydrogen (secondary N) is 1. The molecule has 7 heteroatoms. The fourth-order valence-electron chi connectivity index (χ4n) is 4.27. The van der Waals surface area contributed by atoms with E-state index in [9.17, 15) is 14.9 Å². The van der Waals surface area contributed by atoms with Crippen molar-refractivity contribution in [3.63, 3.8) is 0 Å². The summed E-state index contributed by atoms with van der Waals surface area (Å²) in [6.45, 7) is 1.95. The number of para-hydroxylation sites is 2. The molecule has 0 aliphatic heterocycles. The molecule has 1 saturated carbocycles. The van der Waals surface area contributed by atoms with E-state index in [1.165, 1.54) is 11.8 Å². The Bertz CT molecular complexity index is 1240. The predicted octanol–water partition coefficient (Wildman–Crippen LogP) is 4.52. The zero-order valence-electron chi connectivity index (χ0n) is 18.1. The van der Waals surface area contributed by atoms with Crippen LogP contribution in [0.25, 0.3) is 16.6 Å². The Labute approximate surface area is 191 Å². The van der Waals surface area contributed by atoms with Gasteiger partial charge >= 0.3 is 0 Å². The lowest BCUT2D eigenvalue weighted by molar-refractivity contribution is -0.120. The number of carbonyl (C=O) groups is 1. The first-order valence-electron chi connectivity index (χ1n) is 11.0. The Morgan fingerprint density at radius 3 is 2.53 bits per heavy atom. The van der Waals surface area contributed by atoms with Gasteiger partial charge in [0, 0.05) is 0 Å². The quantitative estimate of drug-likeness (QED) is 0.354. The number of aromatic nitrogens is 2. The third-order valence-electron chi connectivity index (χ3n) is 5.98. The Morgan fingerprint density at radius 2 is 1.81 bits per heavy atom. The maximum atomic E-state index is 13.4. The molecule has 1 aromatic heterocycles. The van der Waals surface area contributed by atoms with Gasteiger partial charge in [-0.15, -0.1) is 0 Å². The molecule has 0 saturated heterocycles. The molecule has 0 atom stereocenters. The van der Waals surface area contributed by atoms with Crippen molar-refractivity contribution in [3.05, 3.63) is 64.4 Å². The number of carbonyl (C=O) groups excluding carboxylic acids is 1. The van der Waals surface area contributed by atoms with Gasteiger partial charge in [-0.3, -0.25) is 14.2 Å². The summed E-state index contributed by atoms with van der Waals surface area (Å²) < 4.78 is 1.58. The van der Waals surface area contributed by atoms with Crippen LogP contribution in [0.5, 0.6) is 0 Å². The fraction of sp³-hybridized carbons (Fsp3) is 0.360. The number of rotatable bonds is 5. The van der Waals surface area contributed by atoms with Crippen LogP contribution in [-0.4, -0.2) is 26.8 Å². The molecular weight excluding hydrogens is 420 g/mol. The number of benzene rings is 2. The summed E-state index contributed by atoms with van der Waals surface area (Å²) in [5, 5.41) is 13.7. The van der Waals surface area contributed by atoms with E-state index in [4.69, 9.17) is 4.98 Å². The second kappa shape index (κ2) is 9.58. The highest BCUT2D eigenvalue weighted by Gasteiger charge is 2.32. The normalized spacial score (nSPS) is 15.6. The lowest BCUT2D eigenvalue weighted by atomic mass is 9.92. The van der Waals surface area contributed by atoms with Crippen molar-refractivity contribution >= 4 is 28.6 Å². The molecule has 0 spiro atoms. The summed E-state index contributed by atoms with van der Waals surface area (Å²) in [6, 6.07) is 17.2. The molecule has 6 nitrogen and oxygen atoms in total. The van der Waals surface area contributed by atoms with E-state index >= 15 is 0 Å². The van der Waals surface area contributed by atoms with Crippen LogP contribution in [0.15, 0.2) is 58.5 Å². The number of hydrogen-bond donors (Lipinski definition) is 1. The fourth-order valence-corrected chi connectivity index (χ4v) is 5.07. The Hall–Kier alpha value is -3.11. The van der Waals surface area contributed by atoms with Crippen LogP contribution >= 0.6 is 11.8 Å². The van der Waals surface area contributed by atoms with Gasteiger partial charge < -0.3 is 5.32 Å². The average Bonchev–Trinajstić information content (AvgIpc) is 3.04. The van der Waals surface area contributed by atoms with Crippen molar-refractivity contribution in [2.45, 2.75) is 56.1 Å². The van der Waals surface area contributed by atoms with E-state index in [0.717, 1.165) is 36.9 Å². The molecular formula is C25H26N4O2S. The molecule has 1 aliphatic carbocycles. The van der Waals surface area contributed by atoms with E-state index in [0.29, 0.717) is 28.9 Å². The molecule has 0 radical (unpaired) electrons. The number of amides is 1. The highest BCUT2D eigenvalue weighted by atomic mass is 32.2. The standard InChI is InChI=1S/C25H26N4O2S/c1-18-10-4-7-13-21(18)29-23(31)19-11-5-6-12-20(19)27-24(29)32-16-22(30)28-25(17-26)14-8-2-3-9-15-25/h4-7,10-13H,2-3,8-9,14-16H2,1H3,(H,28,30). The number of aryl methyl sites for hydroxylation is 1. The van der Waals surface area contributed by atoms with Gasteiger partial charge in [-0.2, -0.15) is 5.26 Å². The second-order valence-corrected chi connectivity index (χ2v) is 9.23. The van der Waals surface area contributed by atoms with Crippen molar-refractivity contribution < 1.29 is 4.79 Å². The Balaban J connectivity index is 1.65. The van der Waals surface area contributed by atoms with Crippen molar-refractivity contribution in [1.82, 2.24) is 14.9 Å². The maximum Gasteiger partial charge on any atom is 0.266 e. The lowest BCUT2D eigenvalue weighted by Gasteiger charge is -2.26. The van der Waals surface area contributed by atoms with Gasteiger partial charge in [0.1, 0.15) is 5.54 Å². The first kappa shape index (κ1) is 22.1. The van der Waals surface area contributed by atoms with Crippen LogP contribution in [0.3, 0.4) is 0 Å². The largest absolute Gasteiger partial charge is 0.337 e. The van der Waals surface area contributed by atoms with E-state index < -0.39 is 5.54 Å². The van der Waals surface area contributed by atoms with Gasteiger partial charge in [-0.05, 0) is 43.5 Å². The molecule has 1 heterocycles. The zero-order valence-corrected chi connectivity index (χ0v) is 19.0. The summed E-state index contributed by atoms with van der Waals surface area (Å²) in [7, 11) is 0. The van der Waals surface area contributed by atoms with Crippen LogP contribution in [0.1, 0.15) is 44.1 Å². The highest BCUT2D eigenvalue weighted by Crippen LogP contribution is 2.27. The van der Waals surface area contributed by atoms with Crippen molar-refractivity contribution in [2.24, 2.45) is 0 Å². The summed E-state index contributed by atoms with van der Waals surface area (Å²) in [6.07, 6.45) is 5.44. The van der Waals surface area contributed by atoms with E-state index in [-0.39, 0.29) is 17.2 Å². The third-order valence-corrected chi connectivity index (χ3v) is 6.92. The molecule has 4 rings (SSSR count). The van der Waals surface area contributed by atoms with E-state index in [1.54, 1.807) is 16.7 Å². The van der Waals surface area contributed by atoms with Crippen LogP contribution in [0.2, 0.25) is 0 Å². The van der Waals surface area contributed by atoms with Crippen LogP contribution in [-0.2, 0) is 4.79 Å². The first-order valence-corrected chi connectivity index (χ1v) is 11.9. The SMILES string of the molecule is Cc1ccccc1-n1c(SCC(=O)NC2(C#N)CCCCCC2)nc2ccccc2c1=O. The lowest BCUT2D eigenvalue weighted by Crippen LogP contribution is -2.47. The molecule has 164 valence electrons. The van der Waals surface area contributed by atoms with Crippen molar-refractivity contribution in [1.29, 1.82) is 5.26 Å². The minimum Gasteiger partial charge on any atom is -0.337 e. The topological polar surface area (TPSA) is 87.8 Å². The minimum atomic E-state index is -0.791. The number of nitriles is 1. The smallest absolute Gasteiger partial charge is 0.266 e. The summed E-state index contributed by atoms with van der Waals surface area (Å²) in [5.41, 5.74) is 1.34. The van der Waals surface area contributed by atoms with E-state index in [2.05, 4.69) is 11.4 Å². The maximum absolute atomic E-state index is 13.4. The Kier molecular flexibility index (Phi) is 6.61. The molecule has 0 bridgehead atoms. The van der Waals surface area contributed by atoms with Crippen LogP contribution in [0.4, 0.5) is 0 Å². The average molecular weight is 447 g/mol. The minimum absolute atomic E-state index is 0.0834. The third kappa shape index (κ3) is 4.56. The highest BCUT2D eigenvalue weighted by molar-refractivity contribution is 7.99. The molecule has 1 N–H and O–H groups in total. The monoisotopic (exact) mass is 446 g/mol. The van der Waals surface area contributed by atoms with Crippen molar-refractivity contribution in [2.75, 3.05) is 5.75 Å². The second-order valence-electron chi connectivity index (χ2n) is 8.28. The van der Waals surface area contributed by atoms with Crippen LogP contribution in [0, 0.1) is 18.3 Å². The van der Waals surface area contributed by atoms with Gasteiger partial charge in [-0.1, -0.05) is 67.8 Å².